The maximum absolute atomic E-state index is 12.8. The van der Waals surface area contributed by atoms with Crippen molar-refractivity contribution in [1.82, 2.24) is 4.98 Å². The minimum Gasteiger partial charge on any atom is -0.373 e. The number of anilines is 2. The van der Waals surface area contributed by atoms with Crippen molar-refractivity contribution in [1.29, 1.82) is 0 Å². The van der Waals surface area contributed by atoms with Gasteiger partial charge in [-0.3, -0.25) is 0 Å². The maximum atomic E-state index is 12.8. The lowest BCUT2D eigenvalue weighted by molar-refractivity contribution is -0.137. The van der Waals surface area contributed by atoms with E-state index in [0.29, 0.717) is 6.54 Å². The van der Waals surface area contributed by atoms with Gasteiger partial charge in [0.2, 0.25) is 0 Å². The van der Waals surface area contributed by atoms with Crippen molar-refractivity contribution in [3.63, 3.8) is 0 Å². The van der Waals surface area contributed by atoms with Gasteiger partial charge in [-0.2, -0.15) is 13.2 Å². The average Bonchev–Trinajstić information content (AvgIpc) is 3.16. The summed E-state index contributed by atoms with van der Waals surface area (Å²) in [7, 11) is 1.56. The predicted octanol–water partition coefficient (Wildman–Crippen LogP) is 4.13. The molecule has 1 aliphatic rings. The van der Waals surface area contributed by atoms with Gasteiger partial charge in [-0.1, -0.05) is 13.3 Å². The van der Waals surface area contributed by atoms with Gasteiger partial charge in [0.1, 0.15) is 11.6 Å². The average molecular weight is 287 g/mol. The third-order valence-corrected chi connectivity index (χ3v) is 3.79. The molecular formula is C14H20F3N3. The number of halogens is 3. The summed E-state index contributed by atoms with van der Waals surface area (Å²) in [5.41, 5.74) is -0.413. The van der Waals surface area contributed by atoms with E-state index in [1.807, 2.05) is 0 Å². The van der Waals surface area contributed by atoms with Crippen LogP contribution >= 0.6 is 0 Å². The van der Waals surface area contributed by atoms with E-state index < -0.39 is 11.7 Å². The van der Waals surface area contributed by atoms with Gasteiger partial charge in [0.15, 0.2) is 0 Å². The molecule has 6 heteroatoms. The number of nitrogens with zero attached hydrogens (tertiary/aromatic N) is 1. The number of aromatic nitrogens is 1. The van der Waals surface area contributed by atoms with Crippen molar-refractivity contribution in [3.05, 3.63) is 17.7 Å². The lowest BCUT2D eigenvalue weighted by Gasteiger charge is -2.17. The second-order valence-corrected chi connectivity index (χ2v) is 5.48. The molecule has 0 spiro atoms. The Bertz CT molecular complexity index is 467. The van der Waals surface area contributed by atoms with E-state index in [0.717, 1.165) is 37.8 Å². The highest BCUT2D eigenvalue weighted by molar-refractivity contribution is 5.49. The SMILES string of the molecule is CCCC1(CNc2cc(C(F)(F)F)cc(NC)n2)CC1. The molecule has 1 saturated carbocycles. The van der Waals surface area contributed by atoms with E-state index in [9.17, 15) is 13.2 Å². The molecule has 0 unspecified atom stereocenters. The van der Waals surface area contributed by atoms with Gasteiger partial charge >= 0.3 is 6.18 Å². The summed E-state index contributed by atoms with van der Waals surface area (Å²) in [5.74, 6) is 0.509. The van der Waals surface area contributed by atoms with Crippen LogP contribution in [0.5, 0.6) is 0 Å². The van der Waals surface area contributed by atoms with Crippen LogP contribution in [0.15, 0.2) is 12.1 Å². The number of nitrogens with one attached hydrogen (secondary N) is 2. The third kappa shape index (κ3) is 3.55. The summed E-state index contributed by atoms with van der Waals surface area (Å²) < 4.78 is 38.4. The summed E-state index contributed by atoms with van der Waals surface area (Å²) in [4.78, 5) is 4.13. The van der Waals surface area contributed by atoms with E-state index in [1.165, 1.54) is 0 Å². The molecule has 1 aromatic heterocycles. The number of hydrogen-bond donors (Lipinski definition) is 2. The topological polar surface area (TPSA) is 37.0 Å². The molecule has 112 valence electrons. The lowest BCUT2D eigenvalue weighted by atomic mass is 10.0. The largest absolute Gasteiger partial charge is 0.416 e. The molecule has 2 N–H and O–H groups in total. The first-order valence-corrected chi connectivity index (χ1v) is 6.89. The Hall–Kier alpha value is -1.46. The van der Waals surface area contributed by atoms with Gasteiger partial charge in [0, 0.05) is 13.6 Å². The number of alkyl halides is 3. The summed E-state index contributed by atoms with van der Waals surface area (Å²) >= 11 is 0. The molecule has 0 bridgehead atoms. The van der Waals surface area contributed by atoms with Crippen LogP contribution in [0.2, 0.25) is 0 Å². The lowest BCUT2D eigenvalue weighted by Crippen LogP contribution is -2.17. The highest BCUT2D eigenvalue weighted by atomic mass is 19.4. The standard InChI is InChI=1S/C14H20F3N3/c1-3-4-13(5-6-13)9-19-12-8-10(14(15,16)17)7-11(18-2)20-12/h7-8H,3-6,9H2,1-2H3,(H2,18,19,20). The molecule has 0 aliphatic heterocycles. The monoisotopic (exact) mass is 287 g/mol. The summed E-state index contributed by atoms with van der Waals surface area (Å²) in [6.45, 7) is 2.82. The van der Waals surface area contributed by atoms with Gasteiger partial charge in [-0.15, -0.1) is 0 Å². The molecule has 3 nitrogen and oxygen atoms in total. The Kier molecular flexibility index (Phi) is 4.11. The fourth-order valence-corrected chi connectivity index (χ4v) is 2.41. The predicted molar refractivity (Wildman–Crippen MR) is 73.9 cm³/mol. The molecule has 0 atom stereocenters. The maximum Gasteiger partial charge on any atom is 0.416 e. The Morgan fingerprint density at radius 3 is 2.40 bits per heavy atom. The Balaban J connectivity index is 2.11. The molecule has 1 aromatic rings. The van der Waals surface area contributed by atoms with Crippen molar-refractivity contribution in [2.24, 2.45) is 5.41 Å². The van der Waals surface area contributed by atoms with Crippen molar-refractivity contribution >= 4 is 11.6 Å². The fraction of sp³-hybridized carbons (Fsp3) is 0.643. The summed E-state index contributed by atoms with van der Waals surface area (Å²) in [6, 6.07) is 2.09. The molecule has 0 saturated heterocycles. The zero-order valence-corrected chi connectivity index (χ0v) is 11.8. The van der Waals surface area contributed by atoms with Crippen LogP contribution in [0.4, 0.5) is 24.8 Å². The molecule has 20 heavy (non-hydrogen) atoms. The number of rotatable bonds is 6. The van der Waals surface area contributed by atoms with Crippen LogP contribution in [0.3, 0.4) is 0 Å². The molecule has 2 rings (SSSR count). The smallest absolute Gasteiger partial charge is 0.373 e. The van der Waals surface area contributed by atoms with E-state index in [2.05, 4.69) is 22.5 Å². The van der Waals surface area contributed by atoms with Gasteiger partial charge < -0.3 is 10.6 Å². The van der Waals surface area contributed by atoms with Gasteiger partial charge in [-0.05, 0) is 36.8 Å². The fourth-order valence-electron chi connectivity index (χ4n) is 2.41. The Morgan fingerprint density at radius 2 is 1.90 bits per heavy atom. The Labute approximate surface area is 117 Å². The second kappa shape index (κ2) is 5.50. The molecule has 1 aliphatic carbocycles. The normalized spacial score (nSPS) is 16.9. The van der Waals surface area contributed by atoms with E-state index >= 15 is 0 Å². The van der Waals surface area contributed by atoms with Crippen molar-refractivity contribution in [2.75, 3.05) is 24.2 Å². The van der Waals surface area contributed by atoms with Crippen molar-refractivity contribution in [2.45, 2.75) is 38.8 Å². The van der Waals surface area contributed by atoms with E-state index in [-0.39, 0.29) is 17.1 Å². The van der Waals surface area contributed by atoms with Crippen molar-refractivity contribution < 1.29 is 13.2 Å². The van der Waals surface area contributed by atoms with Gasteiger partial charge in [-0.25, -0.2) is 4.98 Å². The first-order valence-electron chi connectivity index (χ1n) is 6.89. The molecule has 0 aromatic carbocycles. The van der Waals surface area contributed by atoms with Crippen LogP contribution in [0.1, 0.15) is 38.2 Å². The van der Waals surface area contributed by atoms with Crippen LogP contribution in [0, 0.1) is 5.41 Å². The van der Waals surface area contributed by atoms with Crippen LogP contribution in [0.25, 0.3) is 0 Å². The summed E-state index contributed by atoms with van der Waals surface area (Å²) in [6.07, 6.45) is 0.139. The number of pyridine rings is 1. The highest BCUT2D eigenvalue weighted by Crippen LogP contribution is 2.49. The molecule has 0 radical (unpaired) electrons. The molecule has 1 heterocycles. The Morgan fingerprint density at radius 1 is 1.25 bits per heavy atom. The van der Waals surface area contributed by atoms with Crippen LogP contribution in [-0.4, -0.2) is 18.6 Å². The van der Waals surface area contributed by atoms with Crippen molar-refractivity contribution in [3.8, 4) is 0 Å². The first kappa shape index (κ1) is 14.9. The molecule has 1 fully saturated rings. The highest BCUT2D eigenvalue weighted by Gasteiger charge is 2.41. The third-order valence-electron chi connectivity index (χ3n) is 3.79. The van der Waals surface area contributed by atoms with Crippen LogP contribution in [-0.2, 0) is 6.18 Å². The quantitative estimate of drug-likeness (QED) is 0.826. The van der Waals surface area contributed by atoms with Crippen LogP contribution < -0.4 is 10.6 Å². The zero-order chi connectivity index (χ0) is 14.8. The number of hydrogen-bond acceptors (Lipinski definition) is 3. The minimum absolute atomic E-state index is 0.225. The van der Waals surface area contributed by atoms with Gasteiger partial charge in [0.05, 0.1) is 5.56 Å². The zero-order valence-electron chi connectivity index (χ0n) is 11.8. The molecule has 0 amide bonds. The van der Waals surface area contributed by atoms with Gasteiger partial charge in [0.25, 0.3) is 0 Å². The summed E-state index contributed by atoms with van der Waals surface area (Å²) in [5, 5.41) is 5.74. The minimum atomic E-state index is -4.36. The van der Waals surface area contributed by atoms with E-state index in [4.69, 9.17) is 0 Å². The second-order valence-electron chi connectivity index (χ2n) is 5.48. The molecular weight excluding hydrogens is 267 g/mol. The first-order chi connectivity index (χ1) is 9.38. The van der Waals surface area contributed by atoms with E-state index in [1.54, 1.807) is 7.05 Å².